The van der Waals surface area contributed by atoms with Gasteiger partial charge >= 0.3 is 5.97 Å². The minimum Gasteiger partial charge on any atom is -0.462 e. The summed E-state index contributed by atoms with van der Waals surface area (Å²) in [4.78, 5) is 16.8. The number of rotatable bonds is 6. The lowest BCUT2D eigenvalue weighted by Gasteiger charge is -2.14. The third kappa shape index (κ3) is 5.54. The smallest absolute Gasteiger partial charge is 0.341 e. The van der Waals surface area contributed by atoms with Crippen LogP contribution in [0.5, 0.6) is 0 Å². The third-order valence-corrected chi connectivity index (χ3v) is 3.87. The van der Waals surface area contributed by atoms with Crippen LogP contribution >= 0.6 is 0 Å². The molecule has 1 unspecified atom stereocenters. The van der Waals surface area contributed by atoms with Crippen molar-refractivity contribution in [2.45, 2.75) is 47.7 Å². The SMILES string of the molecule is C/C=C\C(=N/C(C)Nc1cc(C)cc(C)c1)n1cc(C(=O)OCC)c(C)n1. The van der Waals surface area contributed by atoms with Crippen molar-refractivity contribution >= 4 is 17.5 Å². The quantitative estimate of drug-likeness (QED) is 0.470. The number of carbonyl (C=O) groups excluding carboxylic acids is 1. The fourth-order valence-corrected chi connectivity index (χ4v) is 2.84. The van der Waals surface area contributed by atoms with Gasteiger partial charge < -0.3 is 10.1 Å². The molecule has 0 fully saturated rings. The Morgan fingerprint density at radius 1 is 1.30 bits per heavy atom. The summed E-state index contributed by atoms with van der Waals surface area (Å²) in [6.07, 6.45) is 5.24. The first-order valence-corrected chi connectivity index (χ1v) is 9.13. The van der Waals surface area contributed by atoms with Crippen molar-refractivity contribution in [3.63, 3.8) is 0 Å². The first-order chi connectivity index (χ1) is 12.8. The number of allylic oxidation sites excluding steroid dienone is 2. The molecule has 144 valence electrons. The second-order valence-corrected chi connectivity index (χ2v) is 6.48. The lowest BCUT2D eigenvalue weighted by atomic mass is 10.1. The fourth-order valence-electron chi connectivity index (χ4n) is 2.84. The van der Waals surface area contributed by atoms with Crippen LogP contribution in [0.1, 0.15) is 48.0 Å². The number of esters is 1. The van der Waals surface area contributed by atoms with Crippen molar-refractivity contribution < 1.29 is 9.53 Å². The number of aryl methyl sites for hydroxylation is 3. The molecule has 27 heavy (non-hydrogen) atoms. The van der Waals surface area contributed by atoms with E-state index in [2.05, 4.69) is 42.5 Å². The number of anilines is 1. The van der Waals surface area contributed by atoms with Crippen molar-refractivity contribution in [2.24, 2.45) is 4.99 Å². The van der Waals surface area contributed by atoms with Crippen LogP contribution in [-0.2, 0) is 4.74 Å². The zero-order valence-corrected chi connectivity index (χ0v) is 16.9. The van der Waals surface area contributed by atoms with E-state index in [1.807, 2.05) is 26.0 Å². The zero-order chi connectivity index (χ0) is 20.0. The maximum atomic E-state index is 12.0. The standard InChI is InChI=1S/C21H28N4O2/c1-7-9-20(25-13-19(16(5)24-25)21(26)27-8-2)23-17(6)22-18-11-14(3)10-15(4)12-18/h7,9-13,17,22H,8H2,1-6H3/b9-7-,23-20+. The molecule has 6 heteroatoms. The van der Waals surface area contributed by atoms with Gasteiger partial charge in [0.05, 0.1) is 12.3 Å². The second kappa shape index (κ2) is 9.16. The number of hydrogen-bond acceptors (Lipinski definition) is 5. The summed E-state index contributed by atoms with van der Waals surface area (Å²) in [6, 6.07) is 6.31. The molecular weight excluding hydrogens is 340 g/mol. The van der Waals surface area contributed by atoms with E-state index in [-0.39, 0.29) is 12.1 Å². The molecule has 2 rings (SSSR count). The van der Waals surface area contributed by atoms with Crippen LogP contribution in [0.4, 0.5) is 5.69 Å². The van der Waals surface area contributed by atoms with Gasteiger partial charge in [0.15, 0.2) is 0 Å². The van der Waals surface area contributed by atoms with Crippen LogP contribution in [0.15, 0.2) is 41.5 Å². The Kier molecular flexibility index (Phi) is 6.93. The molecule has 1 heterocycles. The Morgan fingerprint density at radius 2 is 1.96 bits per heavy atom. The van der Waals surface area contributed by atoms with Gasteiger partial charge in [0.1, 0.15) is 17.6 Å². The van der Waals surface area contributed by atoms with Crippen molar-refractivity contribution in [3.8, 4) is 0 Å². The van der Waals surface area contributed by atoms with Gasteiger partial charge in [-0.15, -0.1) is 0 Å². The molecule has 0 saturated carbocycles. The first kappa shape index (κ1) is 20.4. The van der Waals surface area contributed by atoms with Crippen LogP contribution in [0.2, 0.25) is 0 Å². The Morgan fingerprint density at radius 3 is 2.56 bits per heavy atom. The largest absolute Gasteiger partial charge is 0.462 e. The normalized spacial score (nSPS) is 13.0. The summed E-state index contributed by atoms with van der Waals surface area (Å²) in [5, 5.41) is 7.82. The highest BCUT2D eigenvalue weighted by atomic mass is 16.5. The molecule has 1 aromatic heterocycles. The van der Waals surface area contributed by atoms with E-state index >= 15 is 0 Å². The van der Waals surface area contributed by atoms with E-state index in [9.17, 15) is 4.79 Å². The Labute approximate surface area is 161 Å². The monoisotopic (exact) mass is 368 g/mol. The lowest BCUT2D eigenvalue weighted by Crippen LogP contribution is -2.19. The molecule has 0 aliphatic carbocycles. The minimum atomic E-state index is -0.373. The average molecular weight is 368 g/mol. The average Bonchev–Trinajstić information content (AvgIpc) is 2.95. The second-order valence-electron chi connectivity index (χ2n) is 6.48. The molecule has 2 aromatic rings. The van der Waals surface area contributed by atoms with Crippen molar-refractivity contribution in [1.82, 2.24) is 9.78 Å². The fraction of sp³-hybridized carbons (Fsp3) is 0.381. The minimum absolute atomic E-state index is 0.173. The van der Waals surface area contributed by atoms with Gasteiger partial charge in [-0.1, -0.05) is 12.1 Å². The van der Waals surface area contributed by atoms with E-state index in [4.69, 9.17) is 9.73 Å². The molecule has 0 radical (unpaired) electrons. The maximum Gasteiger partial charge on any atom is 0.341 e. The molecule has 0 saturated heterocycles. The number of benzene rings is 1. The molecule has 0 spiro atoms. The highest BCUT2D eigenvalue weighted by Crippen LogP contribution is 2.15. The lowest BCUT2D eigenvalue weighted by molar-refractivity contribution is 0.0525. The van der Waals surface area contributed by atoms with Crippen LogP contribution in [0, 0.1) is 20.8 Å². The highest BCUT2D eigenvalue weighted by Gasteiger charge is 2.16. The number of aromatic nitrogens is 2. The summed E-state index contributed by atoms with van der Waals surface area (Å²) in [6.45, 7) is 11.9. The molecule has 0 aliphatic heterocycles. The Balaban J connectivity index is 2.28. The highest BCUT2D eigenvalue weighted by molar-refractivity contribution is 5.96. The number of aliphatic imine (C=N–C) groups is 1. The predicted molar refractivity (Wildman–Crippen MR) is 110 cm³/mol. The van der Waals surface area contributed by atoms with Crippen LogP contribution in [0.3, 0.4) is 0 Å². The summed E-state index contributed by atoms with van der Waals surface area (Å²) in [7, 11) is 0. The molecular formula is C21H28N4O2. The number of nitrogens with one attached hydrogen (secondary N) is 1. The van der Waals surface area contributed by atoms with Gasteiger partial charge in [-0.3, -0.25) is 0 Å². The van der Waals surface area contributed by atoms with Gasteiger partial charge in [0.25, 0.3) is 0 Å². The first-order valence-electron chi connectivity index (χ1n) is 9.13. The predicted octanol–water partition coefficient (Wildman–Crippen LogP) is 4.27. The van der Waals surface area contributed by atoms with Gasteiger partial charge in [-0.25, -0.2) is 14.5 Å². The van der Waals surface area contributed by atoms with E-state index in [1.54, 1.807) is 24.7 Å². The van der Waals surface area contributed by atoms with Gasteiger partial charge in [0, 0.05) is 11.9 Å². The van der Waals surface area contributed by atoms with E-state index in [0.717, 1.165) is 5.69 Å². The van der Waals surface area contributed by atoms with Gasteiger partial charge in [-0.2, -0.15) is 5.10 Å². The Bertz CT molecular complexity index is 845. The third-order valence-electron chi connectivity index (χ3n) is 3.87. The number of nitrogens with zero attached hydrogens (tertiary/aromatic N) is 3. The van der Waals surface area contributed by atoms with Crippen molar-refractivity contribution in [2.75, 3.05) is 11.9 Å². The molecule has 6 nitrogen and oxygen atoms in total. The summed E-state index contributed by atoms with van der Waals surface area (Å²) >= 11 is 0. The van der Waals surface area contributed by atoms with Crippen LogP contribution < -0.4 is 5.32 Å². The molecule has 1 aromatic carbocycles. The molecule has 1 atom stereocenters. The van der Waals surface area contributed by atoms with Gasteiger partial charge in [0.2, 0.25) is 0 Å². The topological polar surface area (TPSA) is 68.5 Å². The molecule has 0 bridgehead atoms. The summed E-state index contributed by atoms with van der Waals surface area (Å²) < 4.78 is 6.69. The van der Waals surface area contributed by atoms with Crippen molar-refractivity contribution in [3.05, 3.63) is 58.9 Å². The summed E-state index contributed by atoms with van der Waals surface area (Å²) in [5.74, 6) is 0.267. The zero-order valence-electron chi connectivity index (χ0n) is 16.9. The number of ether oxygens (including phenoxy) is 1. The molecule has 0 aliphatic rings. The van der Waals surface area contributed by atoms with Gasteiger partial charge in [-0.05, 0) is 70.9 Å². The Hall–Kier alpha value is -2.89. The molecule has 0 amide bonds. The van der Waals surface area contributed by atoms with E-state index in [0.29, 0.717) is 23.7 Å². The number of carbonyl (C=O) groups is 1. The van der Waals surface area contributed by atoms with Crippen LogP contribution in [-0.4, -0.2) is 34.4 Å². The van der Waals surface area contributed by atoms with Crippen LogP contribution in [0.25, 0.3) is 0 Å². The van der Waals surface area contributed by atoms with E-state index < -0.39 is 0 Å². The maximum absolute atomic E-state index is 12.0. The van der Waals surface area contributed by atoms with E-state index in [1.165, 1.54) is 11.1 Å². The summed E-state index contributed by atoms with van der Waals surface area (Å²) in [5.41, 5.74) is 4.48. The molecule has 1 N–H and O–H groups in total. The van der Waals surface area contributed by atoms with Crippen molar-refractivity contribution in [1.29, 1.82) is 0 Å². The number of hydrogen-bond donors (Lipinski definition) is 1.